The lowest BCUT2D eigenvalue weighted by Gasteiger charge is -2.12. The number of carbonyl (C=O) groups is 1. The summed E-state index contributed by atoms with van der Waals surface area (Å²) in [6.07, 6.45) is 2.22. The second-order valence-corrected chi connectivity index (χ2v) is 6.34. The molecule has 1 fully saturated rings. The molecule has 1 atom stereocenters. The fourth-order valence-electron chi connectivity index (χ4n) is 3.05. The van der Waals surface area contributed by atoms with Crippen LogP contribution < -0.4 is 10.1 Å². The topological polar surface area (TPSA) is 63.4 Å². The first kappa shape index (κ1) is 16.6. The van der Waals surface area contributed by atoms with Gasteiger partial charge in [0.15, 0.2) is 0 Å². The third kappa shape index (κ3) is 3.70. The molecule has 4 rings (SSSR count). The molecule has 0 unspecified atom stereocenters. The quantitative estimate of drug-likeness (QED) is 0.724. The van der Waals surface area contributed by atoms with E-state index in [4.69, 9.17) is 9.47 Å². The molecule has 1 amide bonds. The van der Waals surface area contributed by atoms with Crippen LogP contribution in [0.4, 0.5) is 10.1 Å². The number of amides is 1. The van der Waals surface area contributed by atoms with E-state index in [1.165, 1.54) is 12.1 Å². The number of hydrogen-bond donors (Lipinski definition) is 2. The van der Waals surface area contributed by atoms with Crippen molar-refractivity contribution in [2.75, 3.05) is 18.5 Å². The zero-order valence-electron chi connectivity index (χ0n) is 14.1. The van der Waals surface area contributed by atoms with E-state index in [0.717, 1.165) is 19.4 Å². The summed E-state index contributed by atoms with van der Waals surface area (Å²) in [7, 11) is 0. The van der Waals surface area contributed by atoms with E-state index in [2.05, 4.69) is 10.3 Å². The third-order valence-electron chi connectivity index (χ3n) is 4.38. The van der Waals surface area contributed by atoms with Crippen molar-refractivity contribution in [1.82, 2.24) is 4.98 Å². The van der Waals surface area contributed by atoms with Gasteiger partial charge in [0.25, 0.3) is 5.91 Å². The second-order valence-electron chi connectivity index (χ2n) is 6.34. The van der Waals surface area contributed by atoms with Crippen LogP contribution in [0.2, 0.25) is 0 Å². The number of anilines is 1. The maximum atomic E-state index is 13.3. The van der Waals surface area contributed by atoms with Gasteiger partial charge < -0.3 is 19.8 Å². The van der Waals surface area contributed by atoms with E-state index in [0.29, 0.717) is 34.6 Å². The maximum Gasteiger partial charge on any atom is 0.272 e. The number of hydrogen-bond acceptors (Lipinski definition) is 3. The van der Waals surface area contributed by atoms with E-state index < -0.39 is 0 Å². The van der Waals surface area contributed by atoms with E-state index >= 15 is 0 Å². The maximum absolute atomic E-state index is 13.3. The lowest BCUT2D eigenvalue weighted by molar-refractivity contribution is 0.0680. The Morgan fingerprint density at radius 1 is 1.27 bits per heavy atom. The number of carbonyl (C=O) groups excluding carboxylic acids is 1. The smallest absolute Gasteiger partial charge is 0.272 e. The molecule has 1 aliphatic rings. The van der Waals surface area contributed by atoms with Crippen molar-refractivity contribution in [3.8, 4) is 5.75 Å². The highest BCUT2D eigenvalue weighted by Crippen LogP contribution is 2.21. The monoisotopic (exact) mass is 354 g/mol. The molecule has 1 aromatic heterocycles. The Hall–Kier alpha value is -2.86. The molecule has 3 aromatic rings. The number of halogens is 1. The summed E-state index contributed by atoms with van der Waals surface area (Å²) >= 11 is 0. The highest BCUT2D eigenvalue weighted by Gasteiger charge is 2.16. The number of benzene rings is 2. The van der Waals surface area contributed by atoms with Crippen LogP contribution in [0, 0.1) is 5.82 Å². The van der Waals surface area contributed by atoms with E-state index in [1.807, 2.05) is 12.1 Å². The highest BCUT2D eigenvalue weighted by atomic mass is 19.1. The van der Waals surface area contributed by atoms with E-state index in [-0.39, 0.29) is 17.8 Å². The average Bonchev–Trinajstić information content (AvgIpc) is 3.29. The van der Waals surface area contributed by atoms with Crippen LogP contribution in [0.5, 0.6) is 5.75 Å². The summed E-state index contributed by atoms with van der Waals surface area (Å²) in [4.78, 5) is 15.4. The fraction of sp³-hybridized carbons (Fsp3) is 0.250. The first-order chi connectivity index (χ1) is 12.7. The minimum atomic E-state index is -0.334. The zero-order valence-corrected chi connectivity index (χ0v) is 14.1. The van der Waals surface area contributed by atoms with Gasteiger partial charge in [-0.25, -0.2) is 4.39 Å². The van der Waals surface area contributed by atoms with Crippen LogP contribution in [-0.2, 0) is 4.74 Å². The van der Waals surface area contributed by atoms with Gasteiger partial charge in [-0.15, -0.1) is 0 Å². The van der Waals surface area contributed by atoms with Crippen molar-refractivity contribution in [2.45, 2.75) is 18.9 Å². The van der Waals surface area contributed by atoms with Gasteiger partial charge in [0.05, 0.1) is 6.10 Å². The Balaban J connectivity index is 1.43. The normalized spacial score (nSPS) is 16.7. The lowest BCUT2D eigenvalue weighted by Crippen LogP contribution is -2.16. The van der Waals surface area contributed by atoms with E-state index in [1.54, 1.807) is 24.3 Å². The van der Waals surface area contributed by atoms with Crippen molar-refractivity contribution in [3.63, 3.8) is 0 Å². The summed E-state index contributed by atoms with van der Waals surface area (Å²) in [5, 5.41) is 3.48. The Morgan fingerprint density at radius 2 is 2.19 bits per heavy atom. The average molecular weight is 354 g/mol. The lowest BCUT2D eigenvalue weighted by atomic mass is 10.2. The standard InChI is InChI=1S/C20H19FN2O3/c21-14-6-7-18-13(9-14)10-19(23-18)20(24)22-15-3-1-4-16(11-15)26-12-17-5-2-8-25-17/h1,3-4,6-7,9-11,17,23H,2,5,8,12H2,(H,22,24)/t17-/m1/s1. The molecule has 0 radical (unpaired) electrons. The number of fused-ring (bicyclic) bond motifs is 1. The van der Waals surface area contributed by atoms with Crippen molar-refractivity contribution >= 4 is 22.5 Å². The summed E-state index contributed by atoms with van der Waals surface area (Å²) in [5.74, 6) is 0.0504. The number of nitrogens with one attached hydrogen (secondary N) is 2. The number of H-pyrrole nitrogens is 1. The van der Waals surface area contributed by atoms with Crippen molar-refractivity contribution in [2.24, 2.45) is 0 Å². The molecule has 5 nitrogen and oxygen atoms in total. The molecule has 2 heterocycles. The van der Waals surface area contributed by atoms with Crippen LogP contribution >= 0.6 is 0 Å². The summed E-state index contributed by atoms with van der Waals surface area (Å²) in [5.41, 5.74) is 1.71. The van der Waals surface area contributed by atoms with Gasteiger partial charge in [-0.1, -0.05) is 6.07 Å². The predicted molar refractivity (Wildman–Crippen MR) is 97.1 cm³/mol. The van der Waals surface area contributed by atoms with Gasteiger partial charge in [0, 0.05) is 29.3 Å². The first-order valence-corrected chi connectivity index (χ1v) is 8.61. The minimum Gasteiger partial charge on any atom is -0.491 e. The Labute approximate surface area is 150 Å². The molecule has 2 aromatic carbocycles. The van der Waals surface area contributed by atoms with Crippen LogP contribution in [0.25, 0.3) is 10.9 Å². The van der Waals surface area contributed by atoms with Crippen molar-refractivity contribution in [1.29, 1.82) is 0 Å². The molecular weight excluding hydrogens is 335 g/mol. The van der Waals surface area contributed by atoms with Gasteiger partial charge in [-0.05, 0) is 49.2 Å². The molecule has 26 heavy (non-hydrogen) atoms. The first-order valence-electron chi connectivity index (χ1n) is 8.61. The van der Waals surface area contributed by atoms with Crippen LogP contribution in [0.15, 0.2) is 48.5 Å². The Bertz CT molecular complexity index is 932. The summed E-state index contributed by atoms with van der Waals surface area (Å²) in [6.45, 7) is 1.30. The number of rotatable bonds is 5. The van der Waals surface area contributed by atoms with Gasteiger partial charge in [-0.2, -0.15) is 0 Å². The number of ether oxygens (including phenoxy) is 2. The SMILES string of the molecule is O=C(Nc1cccc(OC[C@H]2CCCO2)c1)c1cc2cc(F)ccc2[nH]1. The third-order valence-corrected chi connectivity index (χ3v) is 4.38. The summed E-state index contributed by atoms with van der Waals surface area (Å²) < 4.78 is 24.6. The molecule has 0 aliphatic carbocycles. The Morgan fingerprint density at radius 3 is 3.04 bits per heavy atom. The molecule has 0 spiro atoms. The van der Waals surface area contributed by atoms with E-state index in [9.17, 15) is 9.18 Å². The van der Waals surface area contributed by atoms with Crippen LogP contribution in [0.3, 0.4) is 0 Å². The minimum absolute atomic E-state index is 0.139. The Kier molecular flexibility index (Phi) is 4.58. The predicted octanol–water partition coefficient (Wildman–Crippen LogP) is 4.12. The second kappa shape index (κ2) is 7.17. The van der Waals surface area contributed by atoms with Gasteiger partial charge in [-0.3, -0.25) is 4.79 Å². The zero-order chi connectivity index (χ0) is 17.9. The molecule has 0 bridgehead atoms. The molecule has 6 heteroatoms. The molecule has 0 saturated carbocycles. The highest BCUT2D eigenvalue weighted by molar-refractivity contribution is 6.06. The molecule has 1 saturated heterocycles. The number of aromatic amines is 1. The van der Waals surface area contributed by atoms with Gasteiger partial charge >= 0.3 is 0 Å². The van der Waals surface area contributed by atoms with Crippen LogP contribution in [0.1, 0.15) is 23.3 Å². The molecule has 134 valence electrons. The van der Waals surface area contributed by atoms with Crippen molar-refractivity contribution < 1.29 is 18.7 Å². The molecular formula is C20H19FN2O3. The van der Waals surface area contributed by atoms with Crippen LogP contribution in [-0.4, -0.2) is 30.2 Å². The molecule has 1 aliphatic heterocycles. The number of aromatic nitrogens is 1. The summed E-state index contributed by atoms with van der Waals surface area (Å²) in [6, 6.07) is 13.2. The van der Waals surface area contributed by atoms with Gasteiger partial charge in [0.1, 0.15) is 23.9 Å². The van der Waals surface area contributed by atoms with Gasteiger partial charge in [0.2, 0.25) is 0 Å². The largest absolute Gasteiger partial charge is 0.491 e. The molecule has 2 N–H and O–H groups in total. The fourth-order valence-corrected chi connectivity index (χ4v) is 3.05. The van der Waals surface area contributed by atoms with Crippen molar-refractivity contribution in [3.05, 3.63) is 60.0 Å².